The van der Waals surface area contributed by atoms with E-state index in [1.54, 1.807) is 17.0 Å². The van der Waals surface area contributed by atoms with Crippen LogP contribution in [0.25, 0.3) is 4.85 Å². The van der Waals surface area contributed by atoms with Crippen molar-refractivity contribution in [1.29, 1.82) is 5.26 Å². The number of carbonyl (C=O) groups excluding carboxylic acids is 2. The molecule has 2 amide bonds. The van der Waals surface area contributed by atoms with E-state index in [1.807, 2.05) is 28.9 Å². The van der Waals surface area contributed by atoms with Crippen molar-refractivity contribution in [2.45, 2.75) is 56.4 Å². The highest BCUT2D eigenvalue weighted by atomic mass is 16.2. The summed E-state index contributed by atoms with van der Waals surface area (Å²) in [6, 6.07) is 8.23. The Labute approximate surface area is 176 Å². The zero-order valence-corrected chi connectivity index (χ0v) is 17.1. The molecule has 156 valence electrons. The molecule has 2 bridgehead atoms. The zero-order valence-electron chi connectivity index (χ0n) is 17.1. The van der Waals surface area contributed by atoms with E-state index in [-0.39, 0.29) is 36.0 Å². The van der Waals surface area contributed by atoms with Crippen molar-refractivity contribution in [3.05, 3.63) is 41.2 Å². The maximum Gasteiger partial charge on any atom is 0.241 e. The van der Waals surface area contributed by atoms with Gasteiger partial charge in [0.25, 0.3) is 0 Å². The van der Waals surface area contributed by atoms with Crippen LogP contribution in [0.2, 0.25) is 0 Å². The topological polar surface area (TPSA) is 98.0 Å². The van der Waals surface area contributed by atoms with Crippen molar-refractivity contribution in [1.82, 2.24) is 14.7 Å². The molecule has 8 nitrogen and oxygen atoms in total. The van der Waals surface area contributed by atoms with E-state index in [0.717, 1.165) is 18.4 Å². The molecule has 1 aromatic carbocycles. The second-order valence-electron chi connectivity index (χ2n) is 8.41. The van der Waals surface area contributed by atoms with Crippen LogP contribution in [0.4, 0.5) is 5.69 Å². The van der Waals surface area contributed by atoms with E-state index < -0.39 is 6.04 Å². The SMILES string of the molecule is [C-]#[N+]c1ccc([C@@H](C)N2C(=O)[C@@H]3CC2CN3C[C@H](N)C(=O)N2CCC[C@H]2C#N)cc1. The van der Waals surface area contributed by atoms with Crippen molar-refractivity contribution in [3.63, 3.8) is 0 Å². The molecule has 1 unspecified atom stereocenters. The average molecular weight is 406 g/mol. The van der Waals surface area contributed by atoms with Gasteiger partial charge in [-0.2, -0.15) is 5.26 Å². The smallest absolute Gasteiger partial charge is 0.241 e. The average Bonchev–Trinajstić information content (AvgIpc) is 3.47. The summed E-state index contributed by atoms with van der Waals surface area (Å²) in [5.41, 5.74) is 7.79. The Morgan fingerprint density at radius 2 is 2.13 bits per heavy atom. The molecule has 0 radical (unpaired) electrons. The Balaban J connectivity index is 1.39. The lowest BCUT2D eigenvalue weighted by Gasteiger charge is -2.38. The van der Waals surface area contributed by atoms with Crippen LogP contribution in [0.15, 0.2) is 24.3 Å². The monoisotopic (exact) mass is 406 g/mol. The van der Waals surface area contributed by atoms with Gasteiger partial charge in [0.15, 0.2) is 5.69 Å². The van der Waals surface area contributed by atoms with Crippen molar-refractivity contribution >= 4 is 17.5 Å². The number of hydrogen-bond donors (Lipinski definition) is 1. The summed E-state index contributed by atoms with van der Waals surface area (Å²) < 4.78 is 0. The van der Waals surface area contributed by atoms with Crippen molar-refractivity contribution in [3.8, 4) is 6.07 Å². The molecule has 0 spiro atoms. The maximum atomic E-state index is 13.1. The number of benzene rings is 1. The van der Waals surface area contributed by atoms with E-state index >= 15 is 0 Å². The van der Waals surface area contributed by atoms with E-state index in [0.29, 0.717) is 31.7 Å². The van der Waals surface area contributed by atoms with Crippen molar-refractivity contribution in [2.24, 2.45) is 5.73 Å². The molecule has 3 fully saturated rings. The number of carbonyl (C=O) groups is 2. The van der Waals surface area contributed by atoms with Crippen LogP contribution in [-0.2, 0) is 9.59 Å². The second kappa shape index (κ2) is 8.06. The molecule has 5 atom stereocenters. The molecule has 3 aliphatic rings. The minimum atomic E-state index is -0.724. The van der Waals surface area contributed by atoms with Gasteiger partial charge in [-0.25, -0.2) is 4.85 Å². The molecule has 0 saturated carbocycles. The highest BCUT2D eigenvalue weighted by Gasteiger charge is 2.51. The third-order valence-electron chi connectivity index (χ3n) is 6.67. The van der Waals surface area contributed by atoms with Crippen LogP contribution in [-0.4, -0.2) is 70.3 Å². The van der Waals surface area contributed by atoms with Gasteiger partial charge in [-0.3, -0.25) is 14.5 Å². The van der Waals surface area contributed by atoms with Crippen LogP contribution in [0.5, 0.6) is 0 Å². The lowest BCUT2D eigenvalue weighted by Crippen LogP contribution is -2.56. The van der Waals surface area contributed by atoms with Gasteiger partial charge in [0.05, 0.1) is 30.8 Å². The highest BCUT2D eigenvalue weighted by molar-refractivity contribution is 5.87. The highest BCUT2D eigenvalue weighted by Crippen LogP contribution is 2.38. The fourth-order valence-corrected chi connectivity index (χ4v) is 5.10. The van der Waals surface area contributed by atoms with Gasteiger partial charge in [0, 0.05) is 25.7 Å². The Hall–Kier alpha value is -2.94. The molecule has 4 rings (SSSR count). The first-order chi connectivity index (χ1) is 14.4. The van der Waals surface area contributed by atoms with E-state index in [9.17, 15) is 14.9 Å². The zero-order chi connectivity index (χ0) is 21.4. The number of fused-ring (bicyclic) bond motifs is 2. The number of nitriles is 1. The summed E-state index contributed by atoms with van der Waals surface area (Å²) in [6.45, 7) is 10.7. The summed E-state index contributed by atoms with van der Waals surface area (Å²) in [5.74, 6) is -0.122. The molecule has 0 aromatic heterocycles. The Morgan fingerprint density at radius 3 is 2.77 bits per heavy atom. The molecule has 2 N–H and O–H groups in total. The number of rotatable bonds is 5. The maximum absolute atomic E-state index is 13.1. The van der Waals surface area contributed by atoms with Crippen LogP contribution in [0, 0.1) is 17.9 Å². The summed E-state index contributed by atoms with van der Waals surface area (Å²) in [5, 5.41) is 9.22. The number of amides is 2. The summed E-state index contributed by atoms with van der Waals surface area (Å²) in [4.78, 5) is 34.7. The van der Waals surface area contributed by atoms with Crippen LogP contribution >= 0.6 is 0 Å². The Kier molecular flexibility index (Phi) is 5.46. The minimum Gasteiger partial charge on any atom is -0.330 e. The van der Waals surface area contributed by atoms with Gasteiger partial charge in [-0.05, 0) is 31.7 Å². The lowest BCUT2D eigenvalue weighted by molar-refractivity contribution is -0.140. The molecule has 1 aromatic rings. The number of hydrogen-bond acceptors (Lipinski definition) is 5. The summed E-state index contributed by atoms with van der Waals surface area (Å²) in [6.07, 6.45) is 2.27. The number of likely N-dealkylation sites (tertiary alicyclic amines) is 3. The summed E-state index contributed by atoms with van der Waals surface area (Å²) in [7, 11) is 0. The number of nitrogens with zero attached hydrogens (tertiary/aromatic N) is 5. The first-order valence-electron chi connectivity index (χ1n) is 10.4. The Morgan fingerprint density at radius 1 is 1.40 bits per heavy atom. The van der Waals surface area contributed by atoms with Gasteiger partial charge < -0.3 is 15.5 Å². The van der Waals surface area contributed by atoms with Crippen LogP contribution in [0.3, 0.4) is 0 Å². The number of piperazine rings is 1. The Bertz CT molecular complexity index is 917. The predicted molar refractivity (Wildman–Crippen MR) is 110 cm³/mol. The van der Waals surface area contributed by atoms with Crippen molar-refractivity contribution < 1.29 is 9.59 Å². The third kappa shape index (κ3) is 3.43. The van der Waals surface area contributed by atoms with E-state index in [1.165, 1.54) is 0 Å². The quantitative estimate of drug-likeness (QED) is 0.746. The van der Waals surface area contributed by atoms with Gasteiger partial charge in [0.2, 0.25) is 11.8 Å². The normalized spacial score (nSPS) is 27.7. The molecule has 3 heterocycles. The first-order valence-corrected chi connectivity index (χ1v) is 10.4. The lowest BCUT2D eigenvalue weighted by atomic mass is 10.0. The molecule has 8 heteroatoms. The predicted octanol–water partition coefficient (Wildman–Crippen LogP) is 1.43. The molecule has 3 saturated heterocycles. The summed E-state index contributed by atoms with van der Waals surface area (Å²) >= 11 is 0. The molecular formula is C22H26N6O2. The van der Waals surface area contributed by atoms with Crippen molar-refractivity contribution in [2.75, 3.05) is 19.6 Å². The first kappa shape index (κ1) is 20.3. The number of nitrogens with two attached hydrogens (primary N) is 1. The van der Waals surface area contributed by atoms with Gasteiger partial charge in [-0.15, -0.1) is 0 Å². The molecule has 3 aliphatic heterocycles. The fraction of sp³-hybridized carbons (Fsp3) is 0.545. The third-order valence-corrected chi connectivity index (χ3v) is 6.67. The molecule has 30 heavy (non-hydrogen) atoms. The largest absolute Gasteiger partial charge is 0.330 e. The van der Waals surface area contributed by atoms with E-state index in [2.05, 4.69) is 10.9 Å². The van der Waals surface area contributed by atoms with Crippen LogP contribution in [0.1, 0.15) is 37.8 Å². The second-order valence-corrected chi connectivity index (χ2v) is 8.41. The van der Waals surface area contributed by atoms with Crippen LogP contribution < -0.4 is 5.73 Å². The fourth-order valence-electron chi connectivity index (χ4n) is 5.10. The standard InChI is InChI=1S/C22H26N6O2/c1-14(15-5-7-16(25-2)8-6-15)28-18-10-20(22(28)30)26(12-18)13-19(24)21(29)27-9-3-4-17(27)11-23/h5-8,14,17-20H,3-4,9-10,12-13,24H2,1H3/t14-,17+,18?,19+,20+/m1/s1. The van der Waals surface area contributed by atoms with Gasteiger partial charge in [-0.1, -0.05) is 24.3 Å². The molecular weight excluding hydrogens is 380 g/mol. The van der Waals surface area contributed by atoms with Gasteiger partial charge >= 0.3 is 0 Å². The minimum absolute atomic E-state index is 0.0641. The molecule has 0 aliphatic carbocycles. The van der Waals surface area contributed by atoms with Gasteiger partial charge in [0.1, 0.15) is 6.04 Å². The van der Waals surface area contributed by atoms with E-state index in [4.69, 9.17) is 12.3 Å².